The number of hydrogen-bond acceptors (Lipinski definition) is 9. The van der Waals surface area contributed by atoms with E-state index >= 15 is 0 Å². The van der Waals surface area contributed by atoms with Gasteiger partial charge in [-0.2, -0.15) is 5.10 Å². The van der Waals surface area contributed by atoms with Gasteiger partial charge >= 0.3 is 0 Å². The van der Waals surface area contributed by atoms with Crippen molar-refractivity contribution in [3.05, 3.63) is 82.6 Å². The van der Waals surface area contributed by atoms with Crippen molar-refractivity contribution < 1.29 is 19.3 Å². The highest BCUT2D eigenvalue weighted by Crippen LogP contribution is 2.45. The second-order valence-corrected chi connectivity index (χ2v) is 11.4. The molecule has 0 aliphatic heterocycles. The number of rotatable bonds is 12. The zero-order chi connectivity index (χ0) is 29.1. The highest BCUT2D eigenvalue weighted by molar-refractivity contribution is 7.22. The lowest BCUT2D eigenvalue weighted by Gasteiger charge is -2.19. The molecule has 42 heavy (non-hydrogen) atoms. The highest BCUT2D eigenvalue weighted by atomic mass is 35.5. The van der Waals surface area contributed by atoms with E-state index in [0.29, 0.717) is 42.8 Å². The first-order valence-electron chi connectivity index (χ1n) is 13.7. The molecular weight excluding hydrogens is 579 g/mol. The standard InChI is InChI=1S/C30H30ClFN6O3S/c31-24-15-21(4-7-26(24)41-17-19-2-1-3-20(32)14-19)35-29-27-22-5-6-25-23(28(22)42-30(27)34-18-33-29)16-38(36-25)9-8-37(10-12-39)11-13-40/h1-4,7,14-16,18,39-40H,5-6,8-13,17H2,(H,33,34,35). The fourth-order valence-corrected chi connectivity index (χ4v) is 6.68. The van der Waals surface area contributed by atoms with Crippen molar-refractivity contribution in [2.75, 3.05) is 38.2 Å². The Morgan fingerprint density at radius 1 is 1.07 bits per heavy atom. The molecule has 0 unspecified atom stereocenters. The molecule has 0 atom stereocenters. The van der Waals surface area contributed by atoms with E-state index in [1.165, 1.54) is 17.7 Å². The zero-order valence-electron chi connectivity index (χ0n) is 22.8. The summed E-state index contributed by atoms with van der Waals surface area (Å²) < 4.78 is 21.3. The van der Waals surface area contributed by atoms with E-state index in [1.54, 1.807) is 41.9 Å². The van der Waals surface area contributed by atoms with Crippen molar-refractivity contribution >= 4 is 44.7 Å². The lowest BCUT2D eigenvalue weighted by molar-refractivity contribution is 0.156. The third kappa shape index (κ3) is 6.11. The number of halogens is 2. The van der Waals surface area contributed by atoms with Crippen molar-refractivity contribution in [2.24, 2.45) is 0 Å². The van der Waals surface area contributed by atoms with Gasteiger partial charge in [-0.3, -0.25) is 9.58 Å². The first-order valence-corrected chi connectivity index (χ1v) is 14.9. The second kappa shape index (κ2) is 12.7. The van der Waals surface area contributed by atoms with E-state index in [9.17, 15) is 14.6 Å². The number of aliphatic hydroxyl groups excluding tert-OH is 2. The Kier molecular flexibility index (Phi) is 8.63. The molecule has 9 nitrogen and oxygen atoms in total. The van der Waals surface area contributed by atoms with Crippen molar-refractivity contribution in [3.8, 4) is 16.2 Å². The third-order valence-corrected chi connectivity index (χ3v) is 8.71. The maximum atomic E-state index is 13.5. The number of nitrogens with zero attached hydrogens (tertiary/aromatic N) is 5. The molecule has 12 heteroatoms. The quantitative estimate of drug-likeness (QED) is 0.180. The number of nitrogens with one attached hydrogen (secondary N) is 1. The molecule has 1 aliphatic rings. The lowest BCUT2D eigenvalue weighted by Crippen LogP contribution is -2.33. The average molecular weight is 609 g/mol. The Morgan fingerprint density at radius 3 is 2.71 bits per heavy atom. The van der Waals surface area contributed by atoms with Crippen LogP contribution >= 0.6 is 22.9 Å². The van der Waals surface area contributed by atoms with Gasteiger partial charge in [0.05, 0.1) is 35.9 Å². The highest BCUT2D eigenvalue weighted by Gasteiger charge is 2.26. The Morgan fingerprint density at radius 2 is 1.93 bits per heavy atom. The Bertz CT molecular complexity index is 1700. The van der Waals surface area contributed by atoms with Gasteiger partial charge in [-0.15, -0.1) is 11.3 Å². The van der Waals surface area contributed by atoms with Gasteiger partial charge in [0.2, 0.25) is 0 Å². The Balaban J connectivity index is 1.21. The summed E-state index contributed by atoms with van der Waals surface area (Å²) in [4.78, 5) is 13.2. The molecule has 6 rings (SSSR count). The third-order valence-electron chi connectivity index (χ3n) is 7.24. The summed E-state index contributed by atoms with van der Waals surface area (Å²) in [7, 11) is 0. The summed E-state index contributed by atoms with van der Waals surface area (Å²) in [5, 5.41) is 28.3. The van der Waals surface area contributed by atoms with E-state index in [0.717, 1.165) is 50.4 Å². The number of thiophene rings is 1. The minimum atomic E-state index is -0.307. The van der Waals surface area contributed by atoms with Crippen LogP contribution in [0.1, 0.15) is 16.8 Å². The van der Waals surface area contributed by atoms with E-state index in [2.05, 4.69) is 21.5 Å². The van der Waals surface area contributed by atoms with Gasteiger partial charge in [-0.25, -0.2) is 14.4 Å². The summed E-state index contributed by atoms with van der Waals surface area (Å²) in [5.41, 5.74) is 4.86. The van der Waals surface area contributed by atoms with E-state index in [-0.39, 0.29) is 25.6 Å². The first-order chi connectivity index (χ1) is 20.5. The molecule has 0 radical (unpaired) electrons. The molecule has 0 amide bonds. The number of ether oxygens (including phenoxy) is 1. The molecule has 0 spiro atoms. The van der Waals surface area contributed by atoms with Crippen molar-refractivity contribution in [1.29, 1.82) is 0 Å². The molecule has 3 N–H and O–H groups in total. The van der Waals surface area contributed by atoms with Gasteiger partial charge in [0.1, 0.15) is 35.1 Å². The Labute approximate surface area is 251 Å². The van der Waals surface area contributed by atoms with Gasteiger partial charge in [0.25, 0.3) is 0 Å². The molecule has 0 saturated heterocycles. The molecule has 3 heterocycles. The van der Waals surface area contributed by atoms with Crippen LogP contribution in [0.3, 0.4) is 0 Å². The van der Waals surface area contributed by atoms with Crippen molar-refractivity contribution in [2.45, 2.75) is 26.0 Å². The normalized spacial score (nSPS) is 12.5. The number of anilines is 2. The van der Waals surface area contributed by atoms with Crippen LogP contribution in [-0.4, -0.2) is 67.7 Å². The van der Waals surface area contributed by atoms with Crippen molar-refractivity contribution in [3.63, 3.8) is 0 Å². The summed E-state index contributed by atoms with van der Waals surface area (Å²) >= 11 is 8.18. The van der Waals surface area contributed by atoms with Gasteiger partial charge in [0.15, 0.2) is 0 Å². The van der Waals surface area contributed by atoms with Gasteiger partial charge in [0, 0.05) is 42.0 Å². The van der Waals surface area contributed by atoms with E-state index in [4.69, 9.17) is 21.4 Å². The second-order valence-electron chi connectivity index (χ2n) is 10.0. The largest absolute Gasteiger partial charge is 0.487 e. The summed E-state index contributed by atoms with van der Waals surface area (Å²) in [6.07, 6.45) is 5.29. The summed E-state index contributed by atoms with van der Waals surface area (Å²) in [5.74, 6) is 0.910. The Hall–Kier alpha value is -3.61. The van der Waals surface area contributed by atoms with E-state index in [1.807, 2.05) is 15.6 Å². The molecule has 5 aromatic rings. The van der Waals surface area contributed by atoms with Crippen molar-refractivity contribution in [1.82, 2.24) is 24.6 Å². The number of aryl methyl sites for hydroxylation is 2. The molecule has 2 aromatic carbocycles. The number of aromatic nitrogens is 4. The number of hydrogen-bond donors (Lipinski definition) is 3. The van der Waals surface area contributed by atoms with E-state index < -0.39 is 0 Å². The van der Waals surface area contributed by atoms with Crippen LogP contribution in [0.25, 0.3) is 20.7 Å². The number of fused-ring (bicyclic) bond motifs is 5. The molecule has 1 aliphatic carbocycles. The summed E-state index contributed by atoms with van der Waals surface area (Å²) in [6.45, 7) is 2.72. The SMILES string of the molecule is OCCN(CCO)CCn1cc2c(n1)CCc1c-2sc2ncnc(Nc3ccc(OCc4cccc(F)c4)c(Cl)c3)c12. The van der Waals surface area contributed by atoms with Crippen LogP contribution in [0.15, 0.2) is 55.0 Å². The van der Waals surface area contributed by atoms with Crippen LogP contribution in [0.4, 0.5) is 15.9 Å². The fourth-order valence-electron chi connectivity index (χ4n) is 5.22. The molecule has 0 saturated carbocycles. The van der Waals surface area contributed by atoms with Gasteiger partial charge in [-0.1, -0.05) is 23.7 Å². The predicted octanol–water partition coefficient (Wildman–Crippen LogP) is 5.06. The van der Waals surface area contributed by atoms with Gasteiger partial charge in [-0.05, 0) is 54.3 Å². The number of benzene rings is 2. The zero-order valence-corrected chi connectivity index (χ0v) is 24.3. The minimum Gasteiger partial charge on any atom is -0.487 e. The predicted molar refractivity (Wildman–Crippen MR) is 162 cm³/mol. The number of aliphatic hydroxyl groups is 2. The minimum absolute atomic E-state index is 0.0544. The maximum absolute atomic E-state index is 13.5. The molecular formula is C30H30ClFN6O3S. The molecule has 0 fully saturated rings. The first kappa shape index (κ1) is 28.5. The van der Waals surface area contributed by atoms with Crippen LogP contribution in [0.2, 0.25) is 5.02 Å². The topological polar surface area (TPSA) is 109 Å². The fraction of sp³-hybridized carbons (Fsp3) is 0.300. The average Bonchev–Trinajstić information content (AvgIpc) is 3.57. The maximum Gasteiger partial charge on any atom is 0.142 e. The summed E-state index contributed by atoms with van der Waals surface area (Å²) in [6, 6.07) is 11.7. The lowest BCUT2D eigenvalue weighted by atomic mass is 9.95. The van der Waals surface area contributed by atoms with Crippen LogP contribution in [0, 0.1) is 5.82 Å². The molecule has 0 bridgehead atoms. The monoisotopic (exact) mass is 608 g/mol. The molecule has 218 valence electrons. The van der Waals surface area contributed by atoms with Crippen LogP contribution < -0.4 is 10.1 Å². The van der Waals surface area contributed by atoms with Crippen LogP contribution in [0.5, 0.6) is 5.75 Å². The van der Waals surface area contributed by atoms with Crippen LogP contribution in [-0.2, 0) is 26.0 Å². The smallest absolute Gasteiger partial charge is 0.142 e. The molecule has 3 aromatic heterocycles. The van der Waals surface area contributed by atoms with Gasteiger partial charge < -0.3 is 20.3 Å².